The van der Waals surface area contributed by atoms with Crippen molar-refractivity contribution in [1.82, 2.24) is 9.88 Å². The van der Waals surface area contributed by atoms with Crippen molar-refractivity contribution in [1.29, 1.82) is 0 Å². The van der Waals surface area contributed by atoms with Crippen molar-refractivity contribution in [2.24, 2.45) is 0 Å². The molecule has 0 aliphatic carbocycles. The summed E-state index contributed by atoms with van der Waals surface area (Å²) in [4.78, 5) is 30.7. The summed E-state index contributed by atoms with van der Waals surface area (Å²) in [7, 11) is 0. The Labute approximate surface area is 135 Å². The van der Waals surface area contributed by atoms with Crippen molar-refractivity contribution in [3.8, 4) is 0 Å². The molecule has 0 unspecified atom stereocenters. The topological polar surface area (TPSA) is 62.3 Å². The van der Waals surface area contributed by atoms with Crippen molar-refractivity contribution >= 4 is 28.4 Å². The molecule has 1 aromatic carbocycles. The predicted molar refractivity (Wildman–Crippen MR) is 90.1 cm³/mol. The summed E-state index contributed by atoms with van der Waals surface area (Å²) < 4.78 is 0. The Hall–Kier alpha value is -2.43. The van der Waals surface area contributed by atoms with Gasteiger partial charge in [0, 0.05) is 24.5 Å². The molecular weight excluding hydrogens is 290 g/mol. The van der Waals surface area contributed by atoms with Crippen LogP contribution in [0.2, 0.25) is 0 Å². The Morgan fingerprint density at radius 1 is 1.43 bits per heavy atom. The quantitative estimate of drug-likeness (QED) is 0.944. The number of carbonyl (C=O) groups excluding carboxylic acids is 2. The van der Waals surface area contributed by atoms with E-state index in [1.165, 1.54) is 0 Å². The third kappa shape index (κ3) is 3.04. The number of benzene rings is 1. The molecule has 1 atom stereocenters. The van der Waals surface area contributed by atoms with Gasteiger partial charge in [-0.3, -0.25) is 14.6 Å². The number of anilines is 1. The fourth-order valence-electron chi connectivity index (χ4n) is 3.20. The average Bonchev–Trinajstić information content (AvgIpc) is 2.94. The standard InChI is InChI=1S/C18H21N3O2/c1-3-15(21-9-5-7-16(21)22)18(23)20-14-11-12(2)10-13-6-4-8-19-17(13)14/h4,6,8,10-11,15H,3,5,7,9H2,1-2H3,(H,20,23)/t15-/m1/s1. The van der Waals surface area contributed by atoms with E-state index in [9.17, 15) is 9.59 Å². The first-order chi connectivity index (χ1) is 11.1. The van der Waals surface area contributed by atoms with E-state index in [1.54, 1.807) is 11.1 Å². The Balaban J connectivity index is 1.88. The van der Waals surface area contributed by atoms with E-state index in [4.69, 9.17) is 0 Å². The van der Waals surface area contributed by atoms with Gasteiger partial charge in [-0.05, 0) is 43.5 Å². The van der Waals surface area contributed by atoms with Crippen molar-refractivity contribution < 1.29 is 9.59 Å². The zero-order valence-electron chi connectivity index (χ0n) is 13.5. The minimum Gasteiger partial charge on any atom is -0.331 e. The van der Waals surface area contributed by atoms with E-state index < -0.39 is 6.04 Å². The fourth-order valence-corrected chi connectivity index (χ4v) is 3.20. The highest BCUT2D eigenvalue weighted by molar-refractivity contribution is 6.03. The largest absolute Gasteiger partial charge is 0.331 e. The Kier molecular flexibility index (Phi) is 4.28. The predicted octanol–water partition coefficient (Wildman–Crippen LogP) is 2.88. The molecule has 2 aromatic rings. The summed E-state index contributed by atoms with van der Waals surface area (Å²) in [6.45, 7) is 4.59. The van der Waals surface area contributed by atoms with E-state index in [2.05, 4.69) is 10.3 Å². The fraction of sp³-hybridized carbons (Fsp3) is 0.389. The van der Waals surface area contributed by atoms with Crippen molar-refractivity contribution in [3.63, 3.8) is 0 Å². The molecule has 0 saturated carbocycles. The first-order valence-electron chi connectivity index (χ1n) is 8.06. The molecule has 1 N–H and O–H groups in total. The van der Waals surface area contributed by atoms with Crippen LogP contribution in [0.3, 0.4) is 0 Å². The Morgan fingerprint density at radius 2 is 2.26 bits per heavy atom. The van der Waals surface area contributed by atoms with Crippen LogP contribution in [0.4, 0.5) is 5.69 Å². The maximum Gasteiger partial charge on any atom is 0.247 e. The molecule has 23 heavy (non-hydrogen) atoms. The molecule has 1 aliphatic rings. The number of fused-ring (bicyclic) bond motifs is 1. The Bertz CT molecular complexity index is 757. The summed E-state index contributed by atoms with van der Waals surface area (Å²) in [6.07, 6.45) is 3.69. The van der Waals surface area contributed by atoms with Gasteiger partial charge in [-0.15, -0.1) is 0 Å². The molecule has 1 aromatic heterocycles. The van der Waals surface area contributed by atoms with Crippen LogP contribution in [-0.2, 0) is 9.59 Å². The van der Waals surface area contributed by atoms with Crippen LogP contribution < -0.4 is 5.32 Å². The highest BCUT2D eigenvalue weighted by Crippen LogP contribution is 2.24. The molecular formula is C18H21N3O2. The first kappa shape index (κ1) is 15.5. The van der Waals surface area contributed by atoms with Gasteiger partial charge in [0.2, 0.25) is 11.8 Å². The van der Waals surface area contributed by atoms with Gasteiger partial charge in [0.1, 0.15) is 6.04 Å². The lowest BCUT2D eigenvalue weighted by Crippen LogP contribution is -2.44. The third-order valence-corrected chi connectivity index (χ3v) is 4.28. The van der Waals surface area contributed by atoms with Crippen molar-refractivity contribution in [3.05, 3.63) is 36.0 Å². The van der Waals surface area contributed by atoms with Crippen LogP contribution in [0.25, 0.3) is 10.9 Å². The average molecular weight is 311 g/mol. The van der Waals surface area contributed by atoms with E-state index in [0.717, 1.165) is 22.9 Å². The van der Waals surface area contributed by atoms with Gasteiger partial charge in [-0.2, -0.15) is 0 Å². The van der Waals surface area contributed by atoms with E-state index >= 15 is 0 Å². The number of pyridine rings is 1. The molecule has 2 amide bonds. The number of aromatic nitrogens is 1. The lowest BCUT2D eigenvalue weighted by atomic mass is 10.1. The zero-order valence-corrected chi connectivity index (χ0v) is 13.5. The summed E-state index contributed by atoms with van der Waals surface area (Å²) in [6, 6.07) is 7.41. The Morgan fingerprint density at radius 3 is 2.96 bits per heavy atom. The summed E-state index contributed by atoms with van der Waals surface area (Å²) >= 11 is 0. The van der Waals surface area contributed by atoms with Crippen LogP contribution in [0.5, 0.6) is 0 Å². The SMILES string of the molecule is CC[C@H](C(=O)Nc1cc(C)cc2cccnc12)N1CCCC1=O. The van der Waals surface area contributed by atoms with Crippen LogP contribution >= 0.6 is 0 Å². The second kappa shape index (κ2) is 6.36. The highest BCUT2D eigenvalue weighted by Gasteiger charge is 2.31. The lowest BCUT2D eigenvalue weighted by molar-refractivity contribution is -0.135. The minimum atomic E-state index is -0.413. The molecule has 1 aliphatic heterocycles. The molecule has 1 saturated heterocycles. The highest BCUT2D eigenvalue weighted by atomic mass is 16.2. The second-order valence-corrected chi connectivity index (χ2v) is 5.99. The van der Waals surface area contributed by atoms with E-state index in [0.29, 0.717) is 25.1 Å². The summed E-state index contributed by atoms with van der Waals surface area (Å²) in [5.74, 6) is -0.0699. The molecule has 120 valence electrons. The van der Waals surface area contributed by atoms with Gasteiger partial charge in [-0.1, -0.05) is 13.0 Å². The van der Waals surface area contributed by atoms with Crippen molar-refractivity contribution in [2.45, 2.75) is 39.2 Å². The number of likely N-dealkylation sites (tertiary alicyclic amines) is 1. The van der Waals surface area contributed by atoms with Crippen LogP contribution in [0, 0.1) is 6.92 Å². The lowest BCUT2D eigenvalue weighted by Gasteiger charge is -2.26. The van der Waals surface area contributed by atoms with E-state index in [-0.39, 0.29) is 11.8 Å². The molecule has 1 fully saturated rings. The molecule has 2 heterocycles. The molecule has 5 heteroatoms. The zero-order chi connectivity index (χ0) is 16.4. The van der Waals surface area contributed by atoms with Gasteiger partial charge >= 0.3 is 0 Å². The number of amides is 2. The van der Waals surface area contributed by atoms with Gasteiger partial charge < -0.3 is 10.2 Å². The van der Waals surface area contributed by atoms with Gasteiger partial charge in [0.15, 0.2) is 0 Å². The van der Waals surface area contributed by atoms with Gasteiger partial charge in [-0.25, -0.2) is 0 Å². The normalized spacial score (nSPS) is 15.9. The number of carbonyl (C=O) groups is 2. The molecule has 0 radical (unpaired) electrons. The summed E-state index contributed by atoms with van der Waals surface area (Å²) in [5.41, 5.74) is 2.54. The number of aryl methyl sites for hydroxylation is 1. The maximum atomic E-state index is 12.7. The van der Waals surface area contributed by atoms with Gasteiger partial charge in [0.25, 0.3) is 0 Å². The minimum absolute atomic E-state index is 0.0687. The van der Waals surface area contributed by atoms with Crippen LogP contribution in [0.15, 0.2) is 30.5 Å². The number of hydrogen-bond donors (Lipinski definition) is 1. The second-order valence-electron chi connectivity index (χ2n) is 5.99. The molecule has 3 rings (SSSR count). The summed E-state index contributed by atoms with van der Waals surface area (Å²) in [5, 5.41) is 3.97. The number of rotatable bonds is 4. The van der Waals surface area contributed by atoms with Crippen LogP contribution in [0.1, 0.15) is 31.7 Å². The maximum absolute atomic E-state index is 12.7. The molecule has 5 nitrogen and oxygen atoms in total. The molecule has 0 bridgehead atoms. The number of hydrogen-bond acceptors (Lipinski definition) is 3. The number of nitrogens with zero attached hydrogens (tertiary/aromatic N) is 2. The van der Waals surface area contributed by atoms with Crippen molar-refractivity contribution in [2.75, 3.05) is 11.9 Å². The van der Waals surface area contributed by atoms with E-state index in [1.807, 2.05) is 38.1 Å². The smallest absolute Gasteiger partial charge is 0.247 e. The molecule has 0 spiro atoms. The number of nitrogens with one attached hydrogen (secondary N) is 1. The third-order valence-electron chi connectivity index (χ3n) is 4.28. The monoisotopic (exact) mass is 311 g/mol. The first-order valence-corrected chi connectivity index (χ1v) is 8.06. The van der Waals surface area contributed by atoms with Crippen LogP contribution in [-0.4, -0.2) is 34.3 Å². The van der Waals surface area contributed by atoms with Gasteiger partial charge in [0.05, 0.1) is 11.2 Å².